The topological polar surface area (TPSA) is 103 Å². The third-order valence-electron chi connectivity index (χ3n) is 4.45. The van der Waals surface area contributed by atoms with Crippen molar-refractivity contribution in [3.63, 3.8) is 0 Å². The zero-order valence-corrected chi connectivity index (χ0v) is 16.4. The number of ether oxygens (including phenoxy) is 3. The molecule has 0 saturated carbocycles. The molecule has 0 unspecified atom stereocenters. The molecule has 1 aliphatic heterocycles. The van der Waals surface area contributed by atoms with E-state index in [2.05, 4.69) is 10.6 Å². The highest BCUT2D eigenvalue weighted by molar-refractivity contribution is 6.04. The molecule has 2 aromatic rings. The van der Waals surface area contributed by atoms with Gasteiger partial charge in [-0.05, 0) is 30.7 Å². The maximum Gasteiger partial charge on any atom is 0.231 e. The molecule has 3 rings (SSSR count). The van der Waals surface area contributed by atoms with Crippen LogP contribution < -0.4 is 24.8 Å². The van der Waals surface area contributed by atoms with Gasteiger partial charge in [-0.25, -0.2) is 0 Å². The molecule has 0 fully saturated rings. The van der Waals surface area contributed by atoms with Crippen molar-refractivity contribution in [3.05, 3.63) is 47.5 Å². The third-order valence-corrected chi connectivity index (χ3v) is 4.45. The van der Waals surface area contributed by atoms with Gasteiger partial charge in [0.15, 0.2) is 17.3 Å². The number of nitrogens with one attached hydrogen (secondary N) is 2. The van der Waals surface area contributed by atoms with E-state index in [0.717, 1.165) is 5.56 Å². The van der Waals surface area contributed by atoms with E-state index in [-0.39, 0.29) is 30.8 Å². The Hall–Kier alpha value is -3.55. The van der Waals surface area contributed by atoms with Gasteiger partial charge < -0.3 is 24.8 Å². The van der Waals surface area contributed by atoms with Gasteiger partial charge in [-0.1, -0.05) is 12.1 Å². The molecule has 0 radical (unpaired) electrons. The minimum atomic E-state index is -0.534. The Kier molecular flexibility index (Phi) is 6.01. The first kappa shape index (κ1) is 20.2. The second-order valence-corrected chi connectivity index (χ2v) is 6.59. The van der Waals surface area contributed by atoms with Crippen LogP contribution in [0.2, 0.25) is 0 Å². The molecule has 0 bridgehead atoms. The number of rotatable bonds is 7. The van der Waals surface area contributed by atoms with Crippen LogP contribution in [0.3, 0.4) is 0 Å². The van der Waals surface area contributed by atoms with Gasteiger partial charge in [0, 0.05) is 18.6 Å². The third kappa shape index (κ3) is 4.84. The highest BCUT2D eigenvalue weighted by atomic mass is 16.7. The molecule has 0 spiro atoms. The van der Waals surface area contributed by atoms with Gasteiger partial charge in [0.05, 0.1) is 25.3 Å². The van der Waals surface area contributed by atoms with Crippen molar-refractivity contribution < 1.29 is 28.6 Å². The molecule has 2 aromatic carbocycles. The SMILES string of the molecule is COc1ccc([C@@H](CC(=O)Nc2cc3c(cc2C(C)=O)OCO3)NC(C)=O)cc1. The first-order valence-electron chi connectivity index (χ1n) is 9.03. The summed E-state index contributed by atoms with van der Waals surface area (Å²) >= 11 is 0. The zero-order valence-electron chi connectivity index (χ0n) is 16.4. The molecule has 1 aliphatic rings. The Morgan fingerprint density at radius 1 is 1.07 bits per heavy atom. The maximum atomic E-state index is 12.7. The van der Waals surface area contributed by atoms with Gasteiger partial charge in [0.25, 0.3) is 0 Å². The summed E-state index contributed by atoms with van der Waals surface area (Å²) < 4.78 is 15.8. The normalized spacial score (nSPS) is 12.8. The summed E-state index contributed by atoms with van der Waals surface area (Å²) in [5, 5.41) is 5.52. The predicted molar refractivity (Wildman–Crippen MR) is 105 cm³/mol. The Morgan fingerprint density at radius 3 is 2.31 bits per heavy atom. The Balaban J connectivity index is 1.79. The molecule has 2 amide bonds. The van der Waals surface area contributed by atoms with Gasteiger partial charge in [-0.2, -0.15) is 0 Å². The summed E-state index contributed by atoms with van der Waals surface area (Å²) in [6, 6.07) is 9.67. The molecule has 8 heteroatoms. The van der Waals surface area contributed by atoms with Crippen LogP contribution in [0, 0.1) is 0 Å². The lowest BCUT2D eigenvalue weighted by molar-refractivity contribution is -0.120. The number of hydrogen-bond donors (Lipinski definition) is 2. The largest absolute Gasteiger partial charge is 0.497 e. The molecule has 8 nitrogen and oxygen atoms in total. The first-order chi connectivity index (χ1) is 13.9. The van der Waals surface area contributed by atoms with Crippen LogP contribution >= 0.6 is 0 Å². The van der Waals surface area contributed by atoms with Crippen molar-refractivity contribution in [1.29, 1.82) is 0 Å². The van der Waals surface area contributed by atoms with Crippen LogP contribution in [0.1, 0.15) is 42.2 Å². The summed E-state index contributed by atoms with van der Waals surface area (Å²) in [6.07, 6.45) is -0.0162. The molecule has 152 valence electrons. The van der Waals surface area contributed by atoms with Crippen LogP contribution in [0.25, 0.3) is 0 Å². The van der Waals surface area contributed by atoms with Crippen LogP contribution in [0.15, 0.2) is 36.4 Å². The fourth-order valence-corrected chi connectivity index (χ4v) is 3.06. The number of Topliss-reactive ketones (excluding diaryl/α,β-unsaturated/α-hetero) is 1. The maximum absolute atomic E-state index is 12.7. The monoisotopic (exact) mass is 398 g/mol. The van der Waals surface area contributed by atoms with Crippen molar-refractivity contribution in [2.75, 3.05) is 19.2 Å². The quantitative estimate of drug-likeness (QED) is 0.695. The molecule has 1 heterocycles. The number of carbonyl (C=O) groups excluding carboxylic acids is 3. The molecule has 0 aromatic heterocycles. The van der Waals surface area contributed by atoms with E-state index in [1.165, 1.54) is 13.8 Å². The number of anilines is 1. The highest BCUT2D eigenvalue weighted by Crippen LogP contribution is 2.37. The number of hydrogen-bond acceptors (Lipinski definition) is 6. The summed E-state index contributed by atoms with van der Waals surface area (Å²) in [7, 11) is 1.56. The number of fused-ring (bicyclic) bond motifs is 1. The van der Waals surface area contributed by atoms with Crippen molar-refractivity contribution >= 4 is 23.3 Å². The molecule has 0 saturated heterocycles. The van der Waals surface area contributed by atoms with E-state index in [1.54, 1.807) is 43.5 Å². The first-order valence-corrected chi connectivity index (χ1v) is 9.03. The van der Waals surface area contributed by atoms with E-state index in [4.69, 9.17) is 14.2 Å². The fraction of sp³-hybridized carbons (Fsp3) is 0.286. The molecular weight excluding hydrogens is 376 g/mol. The molecule has 2 N–H and O–H groups in total. The van der Waals surface area contributed by atoms with E-state index >= 15 is 0 Å². The standard InChI is InChI=1S/C21H22N2O6/c1-12(24)16-8-19-20(29-11-28-19)9-18(16)23-21(26)10-17(22-13(2)25)14-4-6-15(27-3)7-5-14/h4-9,17H,10-11H2,1-3H3,(H,22,25)(H,23,26)/t17-/m1/s1. The van der Waals surface area contributed by atoms with Crippen LogP contribution in [0.4, 0.5) is 5.69 Å². The van der Waals surface area contributed by atoms with Crippen LogP contribution in [-0.4, -0.2) is 31.5 Å². The van der Waals surface area contributed by atoms with Gasteiger partial charge in [-0.3, -0.25) is 14.4 Å². The van der Waals surface area contributed by atoms with Crippen LogP contribution in [-0.2, 0) is 9.59 Å². The van der Waals surface area contributed by atoms with Gasteiger partial charge >= 0.3 is 0 Å². The second kappa shape index (κ2) is 8.64. The second-order valence-electron chi connectivity index (χ2n) is 6.59. The summed E-state index contributed by atoms with van der Waals surface area (Å²) in [4.78, 5) is 36.3. The van der Waals surface area contributed by atoms with Gasteiger partial charge in [0.1, 0.15) is 5.75 Å². The lowest BCUT2D eigenvalue weighted by Gasteiger charge is -2.19. The summed E-state index contributed by atoms with van der Waals surface area (Å²) in [6.45, 7) is 2.86. The van der Waals surface area contributed by atoms with Crippen molar-refractivity contribution in [2.24, 2.45) is 0 Å². The van der Waals surface area contributed by atoms with E-state index in [1.807, 2.05) is 0 Å². The molecule has 1 atom stereocenters. The number of amides is 2. The Morgan fingerprint density at radius 2 is 1.72 bits per heavy atom. The van der Waals surface area contributed by atoms with Gasteiger partial charge in [-0.15, -0.1) is 0 Å². The minimum Gasteiger partial charge on any atom is -0.497 e. The van der Waals surface area contributed by atoms with E-state index in [0.29, 0.717) is 28.5 Å². The van der Waals surface area contributed by atoms with Crippen molar-refractivity contribution in [3.8, 4) is 17.2 Å². The number of benzene rings is 2. The highest BCUT2D eigenvalue weighted by Gasteiger charge is 2.22. The Bertz CT molecular complexity index is 939. The number of ketones is 1. The van der Waals surface area contributed by atoms with Crippen molar-refractivity contribution in [1.82, 2.24) is 5.32 Å². The molecular formula is C21H22N2O6. The Labute approximate surface area is 168 Å². The smallest absolute Gasteiger partial charge is 0.231 e. The number of carbonyl (C=O) groups is 3. The number of methoxy groups -OCH3 is 1. The van der Waals surface area contributed by atoms with Crippen molar-refractivity contribution in [2.45, 2.75) is 26.3 Å². The average Bonchev–Trinajstić information content (AvgIpc) is 3.13. The lowest BCUT2D eigenvalue weighted by Crippen LogP contribution is -2.30. The zero-order chi connectivity index (χ0) is 21.0. The van der Waals surface area contributed by atoms with Crippen LogP contribution in [0.5, 0.6) is 17.2 Å². The lowest BCUT2D eigenvalue weighted by atomic mass is 10.0. The van der Waals surface area contributed by atoms with Gasteiger partial charge in [0.2, 0.25) is 18.6 Å². The molecule has 29 heavy (non-hydrogen) atoms. The van der Waals surface area contributed by atoms with E-state index in [9.17, 15) is 14.4 Å². The average molecular weight is 398 g/mol. The van der Waals surface area contributed by atoms with E-state index < -0.39 is 6.04 Å². The predicted octanol–water partition coefficient (Wildman–Crippen LogP) is 2.83. The molecule has 0 aliphatic carbocycles. The summed E-state index contributed by atoms with van der Waals surface area (Å²) in [5.74, 6) is 0.756. The minimum absolute atomic E-state index is 0.0162. The summed E-state index contributed by atoms with van der Waals surface area (Å²) in [5.41, 5.74) is 1.42. The fourth-order valence-electron chi connectivity index (χ4n) is 3.06.